The van der Waals surface area contributed by atoms with Gasteiger partial charge in [-0.15, -0.1) is 0 Å². The minimum absolute atomic E-state index is 0.168. The second-order valence-electron chi connectivity index (χ2n) is 7.11. The van der Waals surface area contributed by atoms with Gasteiger partial charge in [0.05, 0.1) is 0 Å². The fourth-order valence-corrected chi connectivity index (χ4v) is 3.50. The smallest absolute Gasteiger partial charge is 0.329 e. The van der Waals surface area contributed by atoms with Crippen molar-refractivity contribution in [3.05, 3.63) is 34.9 Å². The number of benzene rings is 1. The summed E-state index contributed by atoms with van der Waals surface area (Å²) in [5.74, 6) is -2.86. The van der Waals surface area contributed by atoms with E-state index in [1.54, 1.807) is 6.07 Å². The molecule has 0 aromatic heterocycles. The highest BCUT2D eigenvalue weighted by Gasteiger charge is 2.51. The molecule has 9 nitrogen and oxygen atoms in total. The number of nitrogens with one attached hydrogen (secondary N) is 2. The number of fused-ring (bicyclic) bond motifs is 1. The van der Waals surface area contributed by atoms with E-state index in [1.165, 1.54) is 17.0 Å². The van der Waals surface area contributed by atoms with Gasteiger partial charge in [-0.2, -0.15) is 0 Å². The average molecular weight is 371 g/mol. The number of carboxylic acid groups (broad SMARTS) is 1. The van der Waals surface area contributed by atoms with Crippen LogP contribution in [0.1, 0.15) is 52.0 Å². The van der Waals surface area contributed by atoms with Crippen molar-refractivity contribution in [3.8, 4) is 0 Å². The molecule has 4 amide bonds. The Balaban J connectivity index is 1.53. The van der Waals surface area contributed by atoms with Gasteiger partial charge in [-0.1, -0.05) is 6.07 Å². The van der Waals surface area contributed by atoms with E-state index in [9.17, 15) is 29.1 Å². The molecule has 3 aliphatic rings. The zero-order valence-corrected chi connectivity index (χ0v) is 14.3. The normalized spacial score (nSPS) is 22.9. The fraction of sp³-hybridized carbons (Fsp3) is 0.389. The first-order valence-electron chi connectivity index (χ1n) is 8.64. The van der Waals surface area contributed by atoms with Gasteiger partial charge >= 0.3 is 5.97 Å². The number of aliphatic carboxylic acids is 1. The molecule has 27 heavy (non-hydrogen) atoms. The molecule has 4 rings (SSSR count). The third-order valence-electron chi connectivity index (χ3n) is 5.30. The Hall–Kier alpha value is -3.23. The predicted molar refractivity (Wildman–Crippen MR) is 89.6 cm³/mol. The van der Waals surface area contributed by atoms with Crippen molar-refractivity contribution in [2.24, 2.45) is 0 Å². The van der Waals surface area contributed by atoms with Crippen LogP contribution in [0.25, 0.3) is 0 Å². The van der Waals surface area contributed by atoms with Crippen molar-refractivity contribution in [2.75, 3.05) is 0 Å². The molecule has 2 aliphatic heterocycles. The number of carbonyl (C=O) groups is 5. The maximum Gasteiger partial charge on any atom is 0.329 e. The average Bonchev–Trinajstić information content (AvgIpc) is 3.33. The minimum Gasteiger partial charge on any atom is -0.480 e. The monoisotopic (exact) mass is 371 g/mol. The molecule has 0 bridgehead atoms. The lowest BCUT2D eigenvalue weighted by atomic mass is 10.0. The summed E-state index contributed by atoms with van der Waals surface area (Å²) in [5.41, 5.74) is -0.0216. The molecule has 2 fully saturated rings. The highest BCUT2D eigenvalue weighted by molar-refractivity contribution is 6.07. The van der Waals surface area contributed by atoms with Gasteiger partial charge in [0.1, 0.15) is 11.6 Å². The summed E-state index contributed by atoms with van der Waals surface area (Å²) in [4.78, 5) is 61.1. The summed E-state index contributed by atoms with van der Waals surface area (Å²) in [7, 11) is 0. The van der Waals surface area contributed by atoms with Crippen LogP contribution in [-0.2, 0) is 20.9 Å². The van der Waals surface area contributed by atoms with Crippen molar-refractivity contribution in [2.45, 2.75) is 43.8 Å². The largest absolute Gasteiger partial charge is 0.480 e. The number of hydrogen-bond acceptors (Lipinski definition) is 5. The molecular weight excluding hydrogens is 354 g/mol. The fourth-order valence-electron chi connectivity index (χ4n) is 3.50. The number of piperidine rings is 1. The maximum atomic E-state index is 12.7. The molecule has 1 unspecified atom stereocenters. The molecular formula is C18H17N3O6. The number of amides is 4. The second-order valence-corrected chi connectivity index (χ2v) is 7.11. The Morgan fingerprint density at radius 1 is 1.22 bits per heavy atom. The first-order valence-corrected chi connectivity index (χ1v) is 8.64. The van der Waals surface area contributed by atoms with Crippen LogP contribution in [-0.4, -0.2) is 51.2 Å². The lowest BCUT2D eigenvalue weighted by Gasteiger charge is -2.29. The predicted octanol–water partition coefficient (Wildman–Crippen LogP) is -0.205. The summed E-state index contributed by atoms with van der Waals surface area (Å²) in [6, 6.07) is 3.88. The minimum atomic E-state index is -1.21. The van der Waals surface area contributed by atoms with E-state index < -0.39 is 29.4 Å². The first kappa shape index (κ1) is 17.2. The summed E-state index contributed by atoms with van der Waals surface area (Å²) in [6.45, 7) is 0.224. The van der Waals surface area contributed by atoms with E-state index in [0.29, 0.717) is 24.0 Å². The van der Waals surface area contributed by atoms with Gasteiger partial charge in [0.2, 0.25) is 11.8 Å². The maximum absolute atomic E-state index is 12.7. The van der Waals surface area contributed by atoms with Crippen LogP contribution in [0.3, 0.4) is 0 Å². The molecule has 1 saturated carbocycles. The summed E-state index contributed by atoms with van der Waals surface area (Å²) < 4.78 is 0. The van der Waals surface area contributed by atoms with Gasteiger partial charge in [-0.25, -0.2) is 4.79 Å². The van der Waals surface area contributed by atoms with Crippen LogP contribution in [0, 0.1) is 0 Å². The number of imide groups is 1. The molecule has 0 radical (unpaired) electrons. The van der Waals surface area contributed by atoms with Crippen molar-refractivity contribution >= 4 is 29.6 Å². The van der Waals surface area contributed by atoms with Crippen LogP contribution in [0.15, 0.2) is 18.2 Å². The van der Waals surface area contributed by atoms with E-state index in [1.807, 2.05) is 0 Å². The number of carbonyl (C=O) groups excluding carboxylic acids is 4. The highest BCUT2D eigenvalue weighted by Crippen LogP contribution is 2.36. The summed E-state index contributed by atoms with van der Waals surface area (Å²) in [5, 5.41) is 13.9. The molecule has 1 atom stereocenters. The molecule has 1 aromatic rings. The molecule has 3 N–H and O–H groups in total. The summed E-state index contributed by atoms with van der Waals surface area (Å²) >= 11 is 0. The van der Waals surface area contributed by atoms with Gasteiger partial charge in [-0.05, 0) is 37.0 Å². The molecule has 1 saturated heterocycles. The van der Waals surface area contributed by atoms with Gasteiger partial charge < -0.3 is 15.3 Å². The first-order chi connectivity index (χ1) is 12.8. The van der Waals surface area contributed by atoms with Crippen LogP contribution in [0.4, 0.5) is 0 Å². The Bertz CT molecular complexity index is 904. The van der Waals surface area contributed by atoms with E-state index >= 15 is 0 Å². The topological polar surface area (TPSA) is 133 Å². The third kappa shape index (κ3) is 2.84. The van der Waals surface area contributed by atoms with Crippen LogP contribution in [0.2, 0.25) is 0 Å². The molecule has 0 spiro atoms. The Morgan fingerprint density at radius 2 is 1.96 bits per heavy atom. The van der Waals surface area contributed by atoms with E-state index in [2.05, 4.69) is 10.6 Å². The number of rotatable bonds is 4. The van der Waals surface area contributed by atoms with Crippen LogP contribution >= 0.6 is 0 Å². The van der Waals surface area contributed by atoms with E-state index in [0.717, 1.165) is 0 Å². The van der Waals surface area contributed by atoms with Gasteiger partial charge in [0.15, 0.2) is 0 Å². The number of carboxylic acids is 1. The molecule has 9 heteroatoms. The lowest BCUT2D eigenvalue weighted by Crippen LogP contribution is -2.52. The summed E-state index contributed by atoms with van der Waals surface area (Å²) in [6.07, 6.45) is 1.18. The number of hydrogen-bond donors (Lipinski definition) is 3. The van der Waals surface area contributed by atoms with Crippen molar-refractivity contribution in [1.82, 2.24) is 15.5 Å². The Labute approximate surface area is 153 Å². The zero-order chi connectivity index (χ0) is 19.3. The lowest BCUT2D eigenvalue weighted by molar-refractivity contribution is -0.140. The van der Waals surface area contributed by atoms with Crippen LogP contribution < -0.4 is 10.6 Å². The SMILES string of the molecule is O=C1CCC(N2Cc3ccc(C(=O)NC4(C(=O)O)CC4)cc3C2=O)C(=O)N1. The van der Waals surface area contributed by atoms with Gasteiger partial charge in [-0.3, -0.25) is 24.5 Å². The Morgan fingerprint density at radius 3 is 2.59 bits per heavy atom. The van der Waals surface area contributed by atoms with Crippen molar-refractivity contribution < 1.29 is 29.1 Å². The molecule has 140 valence electrons. The highest BCUT2D eigenvalue weighted by atomic mass is 16.4. The zero-order valence-electron chi connectivity index (χ0n) is 14.3. The second kappa shape index (κ2) is 5.90. The molecule has 1 aliphatic carbocycles. The number of nitrogens with zero attached hydrogens (tertiary/aromatic N) is 1. The van der Waals surface area contributed by atoms with Gasteiger partial charge in [0.25, 0.3) is 11.8 Å². The van der Waals surface area contributed by atoms with Gasteiger partial charge in [0, 0.05) is 24.1 Å². The standard InChI is InChI=1S/C18H17N3O6/c22-13-4-3-12(15(24)19-13)21-8-10-2-1-9(7-11(10)16(21)25)14(23)20-18(5-6-18)17(26)27/h1-2,7,12H,3-6,8H2,(H,20,23)(H,26,27)(H,19,22,24). The van der Waals surface area contributed by atoms with Crippen LogP contribution in [0.5, 0.6) is 0 Å². The Kier molecular flexibility index (Phi) is 3.76. The van der Waals surface area contributed by atoms with Crippen molar-refractivity contribution in [3.63, 3.8) is 0 Å². The van der Waals surface area contributed by atoms with E-state index in [4.69, 9.17) is 0 Å². The molecule has 2 heterocycles. The quantitative estimate of drug-likeness (QED) is 0.628. The third-order valence-corrected chi connectivity index (χ3v) is 5.30. The van der Waals surface area contributed by atoms with E-state index in [-0.39, 0.29) is 36.8 Å². The molecule has 1 aromatic carbocycles. The van der Waals surface area contributed by atoms with Crippen molar-refractivity contribution in [1.29, 1.82) is 0 Å².